The number of aromatic nitrogens is 2. The Balaban J connectivity index is 1.66. The van der Waals surface area contributed by atoms with Crippen molar-refractivity contribution in [3.05, 3.63) is 100.0 Å². The zero-order chi connectivity index (χ0) is 30.6. The van der Waals surface area contributed by atoms with E-state index in [1.54, 1.807) is 39.1 Å². The van der Waals surface area contributed by atoms with Crippen molar-refractivity contribution in [2.45, 2.75) is 26.6 Å². The molecule has 0 spiro atoms. The van der Waals surface area contributed by atoms with Gasteiger partial charge < -0.3 is 14.7 Å². The minimum atomic E-state index is -4.86. The lowest BCUT2D eigenvalue weighted by atomic mass is 10.1. The van der Waals surface area contributed by atoms with Crippen LogP contribution in [0.3, 0.4) is 0 Å². The predicted molar refractivity (Wildman–Crippen MR) is 152 cm³/mol. The molecule has 0 aliphatic carbocycles. The van der Waals surface area contributed by atoms with Gasteiger partial charge in [-0.2, -0.15) is 18.3 Å². The third-order valence-corrected chi connectivity index (χ3v) is 6.54. The number of carbonyl (C=O) groups is 2. The number of ether oxygens (including phenoxy) is 1. The quantitative estimate of drug-likeness (QED) is 0.346. The summed E-state index contributed by atoms with van der Waals surface area (Å²) in [6, 6.07) is 11.3. The average Bonchev–Trinajstić information content (AvgIpc) is 3.32. The Kier molecular flexibility index (Phi) is 8.96. The fourth-order valence-electron chi connectivity index (χ4n) is 4.00. The number of amides is 1. The highest BCUT2D eigenvalue weighted by Crippen LogP contribution is 2.37. The van der Waals surface area contributed by atoms with Gasteiger partial charge in [0.25, 0.3) is 5.91 Å². The number of rotatable bonds is 7. The molecule has 9 nitrogen and oxygen atoms in total. The van der Waals surface area contributed by atoms with Crippen molar-refractivity contribution in [1.82, 2.24) is 14.7 Å². The SMILES string of the molecule is CC1=N\C\C=C(N(C)C(=O)c2cccc(-n3nc(C(F)(F)F)c(Cl)c3COc3ccc(C(=O)O)cc3)c2)/C=C/C(C)=N/1. The number of halogens is 4. The molecule has 0 unspecified atom stereocenters. The van der Waals surface area contributed by atoms with E-state index in [9.17, 15) is 22.8 Å². The fraction of sp³-hybridized carbons (Fsp3) is 0.207. The third kappa shape index (κ3) is 6.95. The molecule has 2 aromatic carbocycles. The predicted octanol–water partition coefficient (Wildman–Crippen LogP) is 6.23. The van der Waals surface area contributed by atoms with Crippen molar-refractivity contribution in [2.75, 3.05) is 13.6 Å². The topological polar surface area (TPSA) is 109 Å². The molecule has 13 heteroatoms. The number of aromatic carboxylic acids is 1. The summed E-state index contributed by atoms with van der Waals surface area (Å²) in [4.78, 5) is 34.6. The molecule has 1 N–H and O–H groups in total. The Morgan fingerprint density at radius 3 is 2.48 bits per heavy atom. The van der Waals surface area contributed by atoms with E-state index in [4.69, 9.17) is 21.4 Å². The van der Waals surface area contributed by atoms with Gasteiger partial charge in [0.05, 0.1) is 22.8 Å². The highest BCUT2D eigenvalue weighted by molar-refractivity contribution is 6.32. The Bertz CT molecular complexity index is 1640. The molecule has 0 atom stereocenters. The van der Waals surface area contributed by atoms with Crippen LogP contribution in [-0.2, 0) is 12.8 Å². The van der Waals surface area contributed by atoms with E-state index >= 15 is 0 Å². The Morgan fingerprint density at radius 1 is 1.10 bits per heavy atom. The summed E-state index contributed by atoms with van der Waals surface area (Å²) in [5.41, 5.74) is 0.182. The first kappa shape index (κ1) is 30.3. The van der Waals surface area contributed by atoms with Gasteiger partial charge in [-0.15, -0.1) is 0 Å². The highest BCUT2D eigenvalue weighted by atomic mass is 35.5. The number of aliphatic imine (C=N–C) groups is 2. The van der Waals surface area contributed by atoms with Crippen molar-refractivity contribution >= 4 is 35.0 Å². The van der Waals surface area contributed by atoms with E-state index in [0.717, 1.165) is 4.68 Å². The lowest BCUT2D eigenvalue weighted by molar-refractivity contribution is -0.141. The summed E-state index contributed by atoms with van der Waals surface area (Å²) in [5.74, 6) is -0.751. The van der Waals surface area contributed by atoms with E-state index in [2.05, 4.69) is 15.1 Å². The lowest BCUT2D eigenvalue weighted by Crippen LogP contribution is -2.26. The van der Waals surface area contributed by atoms with Crippen molar-refractivity contribution in [1.29, 1.82) is 0 Å². The molecule has 0 saturated carbocycles. The summed E-state index contributed by atoms with van der Waals surface area (Å²) >= 11 is 6.14. The van der Waals surface area contributed by atoms with E-state index in [0.29, 0.717) is 23.8 Å². The van der Waals surface area contributed by atoms with Crippen LogP contribution in [0.25, 0.3) is 5.69 Å². The first-order chi connectivity index (χ1) is 19.8. The van der Waals surface area contributed by atoms with Gasteiger partial charge in [-0.1, -0.05) is 17.7 Å². The summed E-state index contributed by atoms with van der Waals surface area (Å²) in [6.45, 7) is 3.45. The van der Waals surface area contributed by atoms with E-state index in [-0.39, 0.29) is 28.3 Å². The van der Waals surface area contributed by atoms with Gasteiger partial charge >= 0.3 is 12.1 Å². The average molecular weight is 600 g/mol. The Morgan fingerprint density at radius 2 is 1.81 bits per heavy atom. The molecule has 1 aliphatic rings. The molecule has 3 aromatic rings. The van der Waals surface area contributed by atoms with E-state index in [1.165, 1.54) is 53.4 Å². The maximum Gasteiger partial charge on any atom is 0.436 e. The first-order valence-electron chi connectivity index (χ1n) is 12.5. The maximum atomic E-state index is 13.8. The van der Waals surface area contributed by atoms with Crippen LogP contribution in [0.2, 0.25) is 5.02 Å². The highest BCUT2D eigenvalue weighted by Gasteiger charge is 2.39. The monoisotopic (exact) mass is 599 g/mol. The van der Waals surface area contributed by atoms with Gasteiger partial charge in [0.1, 0.15) is 23.9 Å². The van der Waals surface area contributed by atoms with Crippen LogP contribution in [0, 0.1) is 0 Å². The fourth-order valence-corrected chi connectivity index (χ4v) is 4.28. The molecule has 0 radical (unpaired) electrons. The van der Waals surface area contributed by atoms with Crippen LogP contribution in [0.4, 0.5) is 13.2 Å². The first-order valence-corrected chi connectivity index (χ1v) is 12.9. The zero-order valence-corrected chi connectivity index (χ0v) is 23.4. The van der Waals surface area contributed by atoms with Gasteiger partial charge in [-0.25, -0.2) is 14.5 Å². The van der Waals surface area contributed by atoms with Crippen LogP contribution < -0.4 is 4.74 Å². The number of carboxylic acids is 1. The van der Waals surface area contributed by atoms with Crippen molar-refractivity contribution in [3.8, 4) is 11.4 Å². The summed E-state index contributed by atoms with van der Waals surface area (Å²) in [5, 5.41) is 12.1. The van der Waals surface area contributed by atoms with Crippen molar-refractivity contribution in [3.63, 3.8) is 0 Å². The second kappa shape index (κ2) is 12.4. The number of carboxylic acid groups (broad SMARTS) is 1. The molecule has 0 saturated heterocycles. The number of carbonyl (C=O) groups excluding carboxylic acids is 1. The van der Waals surface area contributed by atoms with Gasteiger partial charge in [-0.3, -0.25) is 9.79 Å². The van der Waals surface area contributed by atoms with Crippen LogP contribution in [0.15, 0.2) is 82.4 Å². The molecule has 0 bridgehead atoms. The maximum absolute atomic E-state index is 13.8. The largest absolute Gasteiger partial charge is 0.487 e. The molecule has 42 heavy (non-hydrogen) atoms. The summed E-state index contributed by atoms with van der Waals surface area (Å²) < 4.78 is 47.9. The summed E-state index contributed by atoms with van der Waals surface area (Å²) in [7, 11) is 1.58. The normalized spacial score (nSPS) is 18.2. The number of alkyl halides is 3. The van der Waals surface area contributed by atoms with Crippen LogP contribution >= 0.6 is 11.6 Å². The van der Waals surface area contributed by atoms with Gasteiger partial charge in [0.15, 0.2) is 5.69 Å². The second-order valence-electron chi connectivity index (χ2n) is 9.15. The number of benzene rings is 2. The number of nitrogens with zero attached hydrogens (tertiary/aromatic N) is 5. The van der Waals surface area contributed by atoms with Gasteiger partial charge in [-0.05, 0) is 74.5 Å². The zero-order valence-electron chi connectivity index (χ0n) is 22.7. The number of likely N-dealkylation sites (N-methyl/N-ethyl adjacent to an activating group) is 1. The molecule has 218 valence electrons. The molecule has 4 rings (SSSR count). The second-order valence-corrected chi connectivity index (χ2v) is 9.53. The van der Waals surface area contributed by atoms with E-state index < -0.39 is 35.4 Å². The minimum Gasteiger partial charge on any atom is -0.487 e. The van der Waals surface area contributed by atoms with E-state index in [1.807, 2.05) is 0 Å². The molecular formula is C29H25ClF3N5O4. The molecule has 0 fully saturated rings. The van der Waals surface area contributed by atoms with Crippen LogP contribution in [-0.4, -0.2) is 56.8 Å². The smallest absolute Gasteiger partial charge is 0.436 e. The number of hydrogen-bond donors (Lipinski definition) is 1. The van der Waals surface area contributed by atoms with Crippen molar-refractivity contribution < 1.29 is 32.6 Å². The molecule has 1 aromatic heterocycles. The molecule has 2 heterocycles. The lowest BCUT2D eigenvalue weighted by Gasteiger charge is -2.19. The van der Waals surface area contributed by atoms with Crippen LogP contribution in [0.1, 0.15) is 46.0 Å². The summed E-state index contributed by atoms with van der Waals surface area (Å²) in [6.07, 6.45) is 0.390. The van der Waals surface area contributed by atoms with Crippen LogP contribution in [0.5, 0.6) is 5.75 Å². The molecule has 1 aliphatic heterocycles. The standard InChI is InChI=1S/C29H25ClF3N5O4/c1-17-7-10-21(13-14-34-18(2)35-17)37(3)27(39)20-5-4-6-22(15-20)38-24(25(30)26(36-38)29(31,32)33)16-42-23-11-8-19(9-12-23)28(40)41/h4-13,15H,14,16H2,1-3H3,(H,40,41)/b10-7+,21-13+,34-18-,35-17+. The molecule has 1 amide bonds. The molecular weight excluding hydrogens is 575 g/mol. The number of amidine groups is 1. The Labute approximate surface area is 243 Å². The van der Waals surface area contributed by atoms with Gasteiger partial charge in [0, 0.05) is 24.0 Å². The Hall–Kier alpha value is -4.71. The minimum absolute atomic E-state index is 0.0172. The van der Waals surface area contributed by atoms with Crippen molar-refractivity contribution in [2.24, 2.45) is 9.98 Å². The van der Waals surface area contributed by atoms with Gasteiger partial charge in [0.2, 0.25) is 0 Å². The number of allylic oxidation sites excluding steroid dienone is 2. The third-order valence-electron chi connectivity index (χ3n) is 6.15. The number of hydrogen-bond acceptors (Lipinski definition) is 6.